The Bertz CT molecular complexity index is 459. The second-order valence-corrected chi connectivity index (χ2v) is 4.60. The molecule has 17 heavy (non-hydrogen) atoms. The summed E-state index contributed by atoms with van der Waals surface area (Å²) in [4.78, 5) is 0. The van der Waals surface area contributed by atoms with E-state index in [0.29, 0.717) is 12.1 Å². The molecular formula is C14H19N3. The van der Waals surface area contributed by atoms with Gasteiger partial charge in [0.15, 0.2) is 0 Å². The first-order valence-electron chi connectivity index (χ1n) is 6.03. The van der Waals surface area contributed by atoms with Crippen LogP contribution < -0.4 is 5.32 Å². The number of nitrogens with zero attached hydrogens (tertiary/aromatic N) is 2. The molecule has 0 fully saturated rings. The molecule has 2 aromatic rings. The number of aromatic nitrogens is 2. The summed E-state index contributed by atoms with van der Waals surface area (Å²) in [7, 11) is 0. The lowest BCUT2D eigenvalue weighted by molar-refractivity contribution is 0.506. The monoisotopic (exact) mass is 229 g/mol. The summed E-state index contributed by atoms with van der Waals surface area (Å²) in [6.45, 7) is 6.46. The molecule has 0 aliphatic heterocycles. The Morgan fingerprint density at radius 1 is 1.12 bits per heavy atom. The minimum atomic E-state index is 0.326. The average Bonchev–Trinajstić information content (AvgIpc) is 2.78. The van der Waals surface area contributed by atoms with Crippen molar-refractivity contribution >= 4 is 0 Å². The van der Waals surface area contributed by atoms with E-state index in [1.165, 1.54) is 5.56 Å². The van der Waals surface area contributed by atoms with Gasteiger partial charge in [0, 0.05) is 23.8 Å². The molecule has 0 radical (unpaired) electrons. The molecule has 1 atom stereocenters. The highest BCUT2D eigenvalue weighted by Crippen LogP contribution is 2.14. The lowest BCUT2D eigenvalue weighted by atomic mass is 10.2. The summed E-state index contributed by atoms with van der Waals surface area (Å²) in [6.07, 6.45) is 4.00. The van der Waals surface area contributed by atoms with Crippen molar-refractivity contribution in [3.8, 4) is 5.69 Å². The summed E-state index contributed by atoms with van der Waals surface area (Å²) in [5, 5.41) is 7.86. The first kappa shape index (κ1) is 11.9. The Balaban J connectivity index is 2.16. The average molecular weight is 229 g/mol. The molecule has 1 aromatic heterocycles. The predicted molar refractivity (Wildman–Crippen MR) is 70.3 cm³/mol. The summed E-state index contributed by atoms with van der Waals surface area (Å²) in [5.74, 6) is 0. The molecular weight excluding hydrogens is 210 g/mol. The van der Waals surface area contributed by atoms with Gasteiger partial charge in [0.25, 0.3) is 0 Å². The number of hydrogen-bond donors (Lipinski definition) is 1. The fraction of sp³-hybridized carbons (Fsp3) is 0.357. The van der Waals surface area contributed by atoms with E-state index >= 15 is 0 Å². The van der Waals surface area contributed by atoms with E-state index in [9.17, 15) is 0 Å². The molecule has 1 N–H and O–H groups in total. The Hall–Kier alpha value is -1.61. The van der Waals surface area contributed by atoms with Crippen LogP contribution in [0.2, 0.25) is 0 Å². The van der Waals surface area contributed by atoms with Crippen molar-refractivity contribution < 1.29 is 0 Å². The normalized spacial score (nSPS) is 12.9. The zero-order chi connectivity index (χ0) is 12.3. The van der Waals surface area contributed by atoms with Crippen LogP contribution in [0.4, 0.5) is 0 Å². The number of nitrogens with one attached hydrogen (secondary N) is 1. The SMILES string of the molecule is CC(C)NC(C)c1cnn(-c2ccccc2)c1. The minimum absolute atomic E-state index is 0.326. The fourth-order valence-corrected chi connectivity index (χ4v) is 1.88. The van der Waals surface area contributed by atoms with Crippen LogP contribution in [0.1, 0.15) is 32.4 Å². The van der Waals surface area contributed by atoms with Gasteiger partial charge in [-0.3, -0.25) is 0 Å². The summed E-state index contributed by atoms with van der Waals surface area (Å²) >= 11 is 0. The third-order valence-electron chi connectivity index (χ3n) is 2.71. The molecule has 0 bridgehead atoms. The Morgan fingerprint density at radius 2 is 1.82 bits per heavy atom. The van der Waals surface area contributed by atoms with E-state index in [1.54, 1.807) is 0 Å². The Labute approximate surface area is 102 Å². The van der Waals surface area contributed by atoms with Crippen LogP contribution in [-0.2, 0) is 0 Å². The van der Waals surface area contributed by atoms with Crippen LogP contribution in [0.3, 0.4) is 0 Å². The van der Waals surface area contributed by atoms with Gasteiger partial charge < -0.3 is 5.32 Å². The van der Waals surface area contributed by atoms with Crippen LogP contribution in [0.25, 0.3) is 5.69 Å². The maximum absolute atomic E-state index is 4.39. The van der Waals surface area contributed by atoms with Gasteiger partial charge in [0.05, 0.1) is 11.9 Å². The second-order valence-electron chi connectivity index (χ2n) is 4.60. The first-order chi connectivity index (χ1) is 8.16. The maximum Gasteiger partial charge on any atom is 0.0645 e. The van der Waals surface area contributed by atoms with Gasteiger partial charge in [0.1, 0.15) is 0 Å². The topological polar surface area (TPSA) is 29.9 Å². The summed E-state index contributed by atoms with van der Waals surface area (Å²) in [5.41, 5.74) is 2.30. The number of rotatable bonds is 4. The van der Waals surface area contributed by atoms with E-state index in [4.69, 9.17) is 0 Å². The molecule has 0 amide bonds. The Kier molecular flexibility index (Phi) is 3.59. The van der Waals surface area contributed by atoms with E-state index in [2.05, 4.69) is 49.5 Å². The largest absolute Gasteiger partial charge is 0.308 e. The molecule has 0 aliphatic rings. The van der Waals surface area contributed by atoms with Crippen molar-refractivity contribution in [2.75, 3.05) is 0 Å². The first-order valence-corrected chi connectivity index (χ1v) is 6.03. The van der Waals surface area contributed by atoms with Gasteiger partial charge in [-0.25, -0.2) is 4.68 Å². The van der Waals surface area contributed by atoms with Crippen molar-refractivity contribution in [3.63, 3.8) is 0 Å². The van der Waals surface area contributed by atoms with Gasteiger partial charge in [-0.2, -0.15) is 5.10 Å². The zero-order valence-corrected chi connectivity index (χ0v) is 10.6. The smallest absolute Gasteiger partial charge is 0.0645 e. The highest BCUT2D eigenvalue weighted by Gasteiger charge is 2.09. The van der Waals surface area contributed by atoms with Crippen molar-refractivity contribution in [1.82, 2.24) is 15.1 Å². The van der Waals surface area contributed by atoms with Crippen LogP contribution in [0.15, 0.2) is 42.7 Å². The summed E-state index contributed by atoms with van der Waals surface area (Å²) < 4.78 is 1.91. The standard InChI is InChI=1S/C14H19N3/c1-11(2)16-12(3)13-9-15-17(10-13)14-7-5-4-6-8-14/h4-12,16H,1-3H3. The second kappa shape index (κ2) is 5.15. The van der Waals surface area contributed by atoms with E-state index < -0.39 is 0 Å². The number of benzene rings is 1. The molecule has 90 valence electrons. The lowest BCUT2D eigenvalue weighted by Gasteiger charge is -2.14. The van der Waals surface area contributed by atoms with Gasteiger partial charge in [0.2, 0.25) is 0 Å². The van der Waals surface area contributed by atoms with E-state index in [0.717, 1.165) is 5.69 Å². The zero-order valence-electron chi connectivity index (χ0n) is 10.6. The van der Waals surface area contributed by atoms with E-state index in [-0.39, 0.29) is 0 Å². The quantitative estimate of drug-likeness (QED) is 0.873. The molecule has 0 saturated carbocycles. The van der Waals surface area contributed by atoms with Crippen LogP contribution in [0.5, 0.6) is 0 Å². The molecule has 0 spiro atoms. The molecule has 0 aliphatic carbocycles. The van der Waals surface area contributed by atoms with Crippen LogP contribution in [0, 0.1) is 0 Å². The van der Waals surface area contributed by atoms with Crippen LogP contribution >= 0.6 is 0 Å². The highest BCUT2D eigenvalue weighted by molar-refractivity contribution is 5.31. The van der Waals surface area contributed by atoms with Gasteiger partial charge in [-0.05, 0) is 19.1 Å². The molecule has 1 heterocycles. The number of hydrogen-bond acceptors (Lipinski definition) is 2. The van der Waals surface area contributed by atoms with Gasteiger partial charge in [-0.15, -0.1) is 0 Å². The van der Waals surface area contributed by atoms with Gasteiger partial charge >= 0.3 is 0 Å². The number of para-hydroxylation sites is 1. The van der Waals surface area contributed by atoms with Gasteiger partial charge in [-0.1, -0.05) is 32.0 Å². The maximum atomic E-state index is 4.39. The van der Waals surface area contributed by atoms with Crippen molar-refractivity contribution in [2.24, 2.45) is 0 Å². The molecule has 3 heteroatoms. The highest BCUT2D eigenvalue weighted by atomic mass is 15.3. The summed E-state index contributed by atoms with van der Waals surface area (Å²) in [6, 6.07) is 11.0. The van der Waals surface area contributed by atoms with Crippen molar-refractivity contribution in [1.29, 1.82) is 0 Å². The molecule has 1 unspecified atom stereocenters. The molecule has 0 saturated heterocycles. The van der Waals surface area contributed by atoms with E-state index in [1.807, 2.05) is 29.1 Å². The molecule has 3 nitrogen and oxygen atoms in total. The molecule has 1 aromatic carbocycles. The lowest BCUT2D eigenvalue weighted by Crippen LogP contribution is -2.25. The third kappa shape index (κ3) is 2.94. The fourth-order valence-electron chi connectivity index (χ4n) is 1.88. The predicted octanol–water partition coefficient (Wildman–Crippen LogP) is 2.93. The van der Waals surface area contributed by atoms with Crippen molar-refractivity contribution in [3.05, 3.63) is 48.3 Å². The Morgan fingerprint density at radius 3 is 2.47 bits per heavy atom. The molecule has 2 rings (SSSR count). The van der Waals surface area contributed by atoms with Crippen LogP contribution in [-0.4, -0.2) is 15.8 Å². The minimum Gasteiger partial charge on any atom is -0.308 e. The third-order valence-corrected chi connectivity index (χ3v) is 2.71. The van der Waals surface area contributed by atoms with Crippen molar-refractivity contribution in [2.45, 2.75) is 32.9 Å².